The highest BCUT2D eigenvalue weighted by atomic mass is 16.5. The van der Waals surface area contributed by atoms with E-state index in [1.165, 1.54) is 6.07 Å². The molecule has 0 aliphatic carbocycles. The molecule has 0 radical (unpaired) electrons. The fourth-order valence-electron chi connectivity index (χ4n) is 1.43. The number of primary amides is 2. The monoisotopic (exact) mass is 284 g/mol. The van der Waals surface area contributed by atoms with Gasteiger partial charge in [0.25, 0.3) is 0 Å². The molecule has 0 aromatic carbocycles. The maximum atomic E-state index is 11.7. The molecule has 0 bridgehead atoms. The summed E-state index contributed by atoms with van der Waals surface area (Å²) in [5, 5.41) is 4.62. The third-order valence-corrected chi connectivity index (χ3v) is 2.22. The Kier molecular flexibility index (Phi) is 5.39. The van der Waals surface area contributed by atoms with Crippen LogP contribution in [0, 0.1) is 0 Å². The van der Waals surface area contributed by atoms with Crippen molar-refractivity contribution >= 4 is 18.0 Å². The number of urea groups is 2. The predicted molar refractivity (Wildman–Crippen MR) is 67.5 cm³/mol. The highest BCUT2D eigenvalue weighted by Gasteiger charge is 2.19. The van der Waals surface area contributed by atoms with Gasteiger partial charge in [-0.1, -0.05) is 0 Å². The van der Waals surface area contributed by atoms with Crippen LogP contribution >= 0.6 is 0 Å². The first-order valence-corrected chi connectivity index (χ1v) is 5.79. The predicted octanol–water partition coefficient (Wildman–Crippen LogP) is -0.207. The number of carbonyl (C=O) groups is 3. The Bertz CT molecular complexity index is 511. The van der Waals surface area contributed by atoms with Gasteiger partial charge < -0.3 is 31.3 Å². The van der Waals surface area contributed by atoms with Crippen LogP contribution in [0.3, 0.4) is 0 Å². The number of amides is 4. The number of carbonyl (C=O) groups excluding carboxylic acids is 3. The average molecular weight is 284 g/mol. The second kappa shape index (κ2) is 7.02. The molecule has 4 amide bonds. The molecular formula is C11H16N4O5. The fraction of sp³-hybridized carbons (Fsp3) is 0.364. The van der Waals surface area contributed by atoms with Crippen LogP contribution in [-0.4, -0.2) is 24.6 Å². The van der Waals surface area contributed by atoms with Crippen molar-refractivity contribution in [3.63, 3.8) is 0 Å². The number of furan rings is 1. The summed E-state index contributed by atoms with van der Waals surface area (Å²) in [6, 6.07) is -0.0738. The van der Waals surface area contributed by atoms with Gasteiger partial charge in [-0.05, 0) is 13.0 Å². The van der Waals surface area contributed by atoms with E-state index in [0.717, 1.165) is 0 Å². The molecule has 1 aromatic heterocycles. The second-order valence-electron chi connectivity index (χ2n) is 3.71. The molecule has 9 nitrogen and oxygen atoms in total. The van der Waals surface area contributed by atoms with E-state index in [-0.39, 0.29) is 31.0 Å². The van der Waals surface area contributed by atoms with Crippen molar-refractivity contribution < 1.29 is 23.5 Å². The molecule has 9 heteroatoms. The highest BCUT2D eigenvalue weighted by molar-refractivity contribution is 5.90. The minimum absolute atomic E-state index is 0.0122. The Morgan fingerprint density at radius 1 is 1.20 bits per heavy atom. The minimum atomic E-state index is -0.756. The molecule has 0 fully saturated rings. The van der Waals surface area contributed by atoms with Crippen LogP contribution in [0.5, 0.6) is 0 Å². The molecule has 1 rings (SSSR count). The molecule has 0 spiro atoms. The lowest BCUT2D eigenvalue weighted by molar-refractivity contribution is 0.0523. The highest BCUT2D eigenvalue weighted by Crippen LogP contribution is 2.17. The van der Waals surface area contributed by atoms with Crippen LogP contribution in [0.1, 0.15) is 28.8 Å². The van der Waals surface area contributed by atoms with E-state index in [2.05, 4.69) is 10.6 Å². The molecule has 1 aromatic rings. The SMILES string of the molecule is CCOC(=O)c1cc(CNC(N)=O)oc1CNC(N)=O. The molecule has 0 saturated heterocycles. The Balaban J connectivity index is 2.89. The number of esters is 1. The van der Waals surface area contributed by atoms with Crippen LogP contribution in [0.15, 0.2) is 10.5 Å². The third-order valence-electron chi connectivity index (χ3n) is 2.22. The van der Waals surface area contributed by atoms with Gasteiger partial charge in [0.15, 0.2) is 0 Å². The van der Waals surface area contributed by atoms with E-state index in [1.807, 2.05) is 0 Å². The summed E-state index contributed by atoms with van der Waals surface area (Å²) in [5.41, 5.74) is 10.0. The largest absolute Gasteiger partial charge is 0.462 e. The number of nitrogens with one attached hydrogen (secondary N) is 2. The molecule has 0 saturated carbocycles. The van der Waals surface area contributed by atoms with Gasteiger partial charge in [0.05, 0.1) is 19.7 Å². The number of hydrogen-bond acceptors (Lipinski definition) is 5. The molecule has 0 atom stereocenters. The molecule has 0 aliphatic rings. The second-order valence-corrected chi connectivity index (χ2v) is 3.71. The van der Waals surface area contributed by atoms with Gasteiger partial charge in [-0.3, -0.25) is 0 Å². The van der Waals surface area contributed by atoms with Crippen LogP contribution < -0.4 is 22.1 Å². The zero-order chi connectivity index (χ0) is 15.1. The number of hydrogen-bond donors (Lipinski definition) is 4. The van der Waals surface area contributed by atoms with Crippen molar-refractivity contribution in [1.82, 2.24) is 10.6 Å². The Morgan fingerprint density at radius 3 is 2.35 bits per heavy atom. The van der Waals surface area contributed by atoms with E-state index in [0.29, 0.717) is 5.76 Å². The van der Waals surface area contributed by atoms with Gasteiger partial charge in [0.2, 0.25) is 0 Å². The molecule has 0 unspecified atom stereocenters. The number of ether oxygens (including phenoxy) is 1. The molecule has 0 aliphatic heterocycles. The van der Waals surface area contributed by atoms with Crippen molar-refractivity contribution in [2.24, 2.45) is 11.5 Å². The van der Waals surface area contributed by atoms with Crippen LogP contribution in [0.2, 0.25) is 0 Å². The van der Waals surface area contributed by atoms with Crippen molar-refractivity contribution in [1.29, 1.82) is 0 Å². The average Bonchev–Trinajstić information content (AvgIpc) is 2.77. The molecule has 6 N–H and O–H groups in total. The summed E-state index contributed by atoms with van der Waals surface area (Å²) in [5.74, 6) is -0.112. The zero-order valence-corrected chi connectivity index (χ0v) is 10.9. The van der Waals surface area contributed by atoms with Crippen molar-refractivity contribution in [2.75, 3.05) is 6.61 Å². The molecular weight excluding hydrogens is 268 g/mol. The summed E-state index contributed by atoms with van der Waals surface area (Å²) in [7, 11) is 0. The van der Waals surface area contributed by atoms with E-state index >= 15 is 0 Å². The van der Waals surface area contributed by atoms with Gasteiger partial charge in [-0.15, -0.1) is 0 Å². The molecule has 110 valence electrons. The van der Waals surface area contributed by atoms with Gasteiger partial charge >= 0.3 is 18.0 Å². The van der Waals surface area contributed by atoms with Gasteiger partial charge in [-0.2, -0.15) is 0 Å². The number of rotatable bonds is 6. The van der Waals surface area contributed by atoms with Crippen LogP contribution in [0.25, 0.3) is 0 Å². The van der Waals surface area contributed by atoms with Gasteiger partial charge in [-0.25, -0.2) is 14.4 Å². The summed E-state index contributed by atoms with van der Waals surface area (Å²) in [6.07, 6.45) is 0. The molecule has 20 heavy (non-hydrogen) atoms. The Hall–Kier alpha value is -2.71. The lowest BCUT2D eigenvalue weighted by Crippen LogP contribution is -2.29. The van der Waals surface area contributed by atoms with E-state index in [9.17, 15) is 14.4 Å². The Labute approximate surface area is 114 Å². The first-order valence-electron chi connectivity index (χ1n) is 5.79. The van der Waals surface area contributed by atoms with Crippen molar-refractivity contribution in [2.45, 2.75) is 20.0 Å². The summed E-state index contributed by atoms with van der Waals surface area (Å²) < 4.78 is 10.2. The number of nitrogens with two attached hydrogens (primary N) is 2. The Morgan fingerprint density at radius 2 is 1.80 bits per heavy atom. The van der Waals surface area contributed by atoms with E-state index in [4.69, 9.17) is 20.6 Å². The standard InChI is InChI=1S/C11H16N4O5/c1-2-19-9(16)7-3-6(4-14-10(12)17)20-8(7)5-15-11(13)18/h3H,2,4-5H2,1H3,(H3,12,14,17)(H3,13,15,18). The van der Waals surface area contributed by atoms with E-state index in [1.54, 1.807) is 6.92 Å². The lowest BCUT2D eigenvalue weighted by atomic mass is 10.2. The normalized spacial score (nSPS) is 9.85. The summed E-state index contributed by atoms with van der Waals surface area (Å²) in [6.45, 7) is 1.80. The minimum Gasteiger partial charge on any atom is -0.462 e. The van der Waals surface area contributed by atoms with Gasteiger partial charge in [0.1, 0.15) is 17.1 Å². The first-order chi connectivity index (χ1) is 9.43. The van der Waals surface area contributed by atoms with Crippen LogP contribution in [-0.2, 0) is 17.8 Å². The summed E-state index contributed by atoms with van der Waals surface area (Å²) >= 11 is 0. The first kappa shape index (κ1) is 15.3. The maximum absolute atomic E-state index is 11.7. The summed E-state index contributed by atoms with van der Waals surface area (Å²) in [4.78, 5) is 33.0. The quantitative estimate of drug-likeness (QED) is 0.533. The topological polar surface area (TPSA) is 150 Å². The van der Waals surface area contributed by atoms with Gasteiger partial charge in [0, 0.05) is 0 Å². The van der Waals surface area contributed by atoms with Crippen LogP contribution in [0.4, 0.5) is 9.59 Å². The van der Waals surface area contributed by atoms with Crippen molar-refractivity contribution in [3.05, 3.63) is 23.2 Å². The van der Waals surface area contributed by atoms with E-state index < -0.39 is 18.0 Å². The third kappa shape index (κ3) is 4.52. The fourth-order valence-corrected chi connectivity index (χ4v) is 1.43. The van der Waals surface area contributed by atoms with Crippen molar-refractivity contribution in [3.8, 4) is 0 Å². The zero-order valence-electron chi connectivity index (χ0n) is 10.9. The lowest BCUT2D eigenvalue weighted by Gasteiger charge is -2.02. The molecule has 1 heterocycles. The smallest absolute Gasteiger partial charge is 0.341 e. The maximum Gasteiger partial charge on any atom is 0.341 e.